The first-order chi connectivity index (χ1) is 19.6. The van der Waals surface area contributed by atoms with Crippen LogP contribution in [0.2, 0.25) is 0 Å². The summed E-state index contributed by atoms with van der Waals surface area (Å²) in [5.74, 6) is -2.64. The molecule has 2 heterocycles. The number of nitrogens with one attached hydrogen (secondary N) is 2. The van der Waals surface area contributed by atoms with E-state index in [-0.39, 0.29) is 36.0 Å². The summed E-state index contributed by atoms with van der Waals surface area (Å²) in [5.41, 5.74) is 0.948. The van der Waals surface area contributed by atoms with Crippen LogP contribution < -0.4 is 15.4 Å². The highest BCUT2D eigenvalue weighted by molar-refractivity contribution is 8.00. The maximum Gasteiger partial charge on any atom is 0.408 e. The highest BCUT2D eigenvalue weighted by Crippen LogP contribution is 2.40. The molecule has 3 atom stereocenters. The molecule has 216 valence electrons. The van der Waals surface area contributed by atoms with Crippen molar-refractivity contribution in [3.8, 4) is 11.5 Å². The van der Waals surface area contributed by atoms with Crippen LogP contribution in [0.3, 0.4) is 0 Å². The molecule has 1 unspecified atom stereocenters. The van der Waals surface area contributed by atoms with Crippen LogP contribution in [0, 0.1) is 0 Å². The van der Waals surface area contributed by atoms with Gasteiger partial charge >= 0.3 is 18.0 Å². The number of thioether (sulfide) groups is 1. The normalized spacial score (nSPS) is 18.4. The van der Waals surface area contributed by atoms with Crippen molar-refractivity contribution in [3.05, 3.63) is 70.9 Å². The lowest BCUT2D eigenvalue weighted by atomic mass is 10.0. The minimum Gasteiger partial charge on any atom is -0.508 e. The third kappa shape index (κ3) is 6.72. The molecule has 2 aromatic rings. The number of fused-ring (bicyclic) bond motifs is 1. The van der Waals surface area contributed by atoms with Crippen LogP contribution in [0.15, 0.2) is 59.8 Å². The summed E-state index contributed by atoms with van der Waals surface area (Å²) >= 11 is 1.20. The summed E-state index contributed by atoms with van der Waals surface area (Å²) in [6, 6.07) is 9.99. The summed E-state index contributed by atoms with van der Waals surface area (Å²) in [5, 5.41) is 23.8. The van der Waals surface area contributed by atoms with Crippen molar-refractivity contribution in [3.63, 3.8) is 0 Å². The zero-order chi connectivity index (χ0) is 29.7. The fraction of sp³-hybridized carbons (Fsp3) is 0.296. The number of aliphatic carboxylic acids is 1. The van der Waals surface area contributed by atoms with E-state index in [9.17, 15) is 34.2 Å². The van der Waals surface area contributed by atoms with Gasteiger partial charge in [0.2, 0.25) is 5.91 Å². The lowest BCUT2D eigenvalue weighted by molar-refractivity contribution is -0.151. The smallest absolute Gasteiger partial charge is 0.408 e. The molecule has 41 heavy (non-hydrogen) atoms. The quantitative estimate of drug-likeness (QED) is 0.235. The third-order valence-corrected chi connectivity index (χ3v) is 7.62. The molecule has 0 bridgehead atoms. The number of nitrogens with zero attached hydrogens (tertiary/aromatic N) is 1. The van der Waals surface area contributed by atoms with E-state index in [1.165, 1.54) is 50.1 Å². The Morgan fingerprint density at radius 1 is 1.05 bits per heavy atom. The van der Waals surface area contributed by atoms with Gasteiger partial charge in [-0.3, -0.25) is 19.3 Å². The SMILES string of the molecule is COc1ccc(COC(=O)NC(C(=O)N[C@@H]2C(=O)N3C(C(=O)O)=C(COC(C)=O)CS[C@@H]23)c2ccc(O)cc2)cc1. The molecule has 0 radical (unpaired) electrons. The summed E-state index contributed by atoms with van der Waals surface area (Å²) in [6.45, 7) is 0.824. The summed E-state index contributed by atoms with van der Waals surface area (Å²) in [7, 11) is 1.53. The number of rotatable bonds is 10. The minimum atomic E-state index is -1.36. The molecule has 3 amide bonds. The van der Waals surface area contributed by atoms with Crippen LogP contribution >= 0.6 is 11.8 Å². The zero-order valence-electron chi connectivity index (χ0n) is 22.0. The Balaban J connectivity index is 1.46. The van der Waals surface area contributed by atoms with E-state index >= 15 is 0 Å². The Bertz CT molecular complexity index is 1380. The predicted molar refractivity (Wildman–Crippen MR) is 143 cm³/mol. The molecule has 14 heteroatoms. The third-order valence-electron chi connectivity index (χ3n) is 6.28. The van der Waals surface area contributed by atoms with Crippen molar-refractivity contribution in [2.24, 2.45) is 0 Å². The van der Waals surface area contributed by atoms with Gasteiger partial charge in [-0.05, 0) is 35.4 Å². The molecule has 0 saturated carbocycles. The van der Waals surface area contributed by atoms with E-state index in [1.807, 2.05) is 0 Å². The average molecular weight is 586 g/mol. The van der Waals surface area contributed by atoms with Crippen molar-refractivity contribution < 1.29 is 48.4 Å². The summed E-state index contributed by atoms with van der Waals surface area (Å²) in [4.78, 5) is 63.2. The number of carbonyl (C=O) groups is 5. The number of alkyl carbamates (subject to hydrolysis) is 1. The second-order valence-electron chi connectivity index (χ2n) is 9.03. The molecule has 13 nitrogen and oxygen atoms in total. The Kier molecular flexibility index (Phi) is 9.02. The molecule has 2 aromatic carbocycles. The largest absolute Gasteiger partial charge is 0.508 e. The van der Waals surface area contributed by atoms with Crippen LogP contribution in [0.4, 0.5) is 4.79 Å². The molecule has 0 aromatic heterocycles. The van der Waals surface area contributed by atoms with Gasteiger partial charge in [-0.2, -0.15) is 0 Å². The van der Waals surface area contributed by atoms with Gasteiger partial charge in [0.1, 0.15) is 47.9 Å². The van der Waals surface area contributed by atoms with E-state index in [2.05, 4.69) is 10.6 Å². The van der Waals surface area contributed by atoms with Gasteiger partial charge in [0, 0.05) is 18.2 Å². The summed E-state index contributed by atoms with van der Waals surface area (Å²) < 4.78 is 15.3. The number of carbonyl (C=O) groups excluding carboxylic acids is 4. The standard InChI is InChI=1S/C27H27N3O10S/c1-14(31)39-12-17-13-41-25-21(24(34)30(25)22(17)26(35)36)28-23(33)20(16-5-7-18(32)8-6-16)29-27(37)40-11-15-3-9-19(38-2)10-4-15/h3-10,20-21,25,32H,11-13H2,1-2H3,(H,28,33)(H,29,37)(H,35,36)/t20?,21-,25+/m1/s1. The number of carboxylic acid groups (broad SMARTS) is 1. The number of esters is 1. The van der Waals surface area contributed by atoms with Crippen LogP contribution in [0.5, 0.6) is 11.5 Å². The number of hydrogen-bond donors (Lipinski definition) is 4. The number of carboxylic acids is 1. The molecule has 4 rings (SSSR count). The van der Waals surface area contributed by atoms with E-state index < -0.39 is 47.3 Å². The number of ether oxygens (including phenoxy) is 3. The number of β-lactam (4-membered cyclic amide) rings is 1. The fourth-order valence-electron chi connectivity index (χ4n) is 4.22. The highest BCUT2D eigenvalue weighted by Gasteiger charge is 2.54. The maximum atomic E-state index is 13.4. The minimum absolute atomic E-state index is 0.0593. The van der Waals surface area contributed by atoms with E-state index in [0.29, 0.717) is 16.9 Å². The first kappa shape index (κ1) is 29.3. The Morgan fingerprint density at radius 3 is 2.34 bits per heavy atom. The Labute approximate surface area is 238 Å². The first-order valence-electron chi connectivity index (χ1n) is 12.3. The van der Waals surface area contributed by atoms with Crippen LogP contribution in [-0.4, -0.2) is 75.8 Å². The average Bonchev–Trinajstić information content (AvgIpc) is 2.96. The second-order valence-corrected chi connectivity index (χ2v) is 10.1. The van der Waals surface area contributed by atoms with Gasteiger partial charge in [0.25, 0.3) is 5.91 Å². The lowest BCUT2D eigenvalue weighted by Crippen LogP contribution is -2.71. The lowest BCUT2D eigenvalue weighted by Gasteiger charge is -2.49. The highest BCUT2D eigenvalue weighted by atomic mass is 32.2. The Hall–Kier alpha value is -4.72. The van der Waals surface area contributed by atoms with Gasteiger partial charge < -0.3 is 35.1 Å². The topological polar surface area (TPSA) is 181 Å². The monoisotopic (exact) mass is 585 g/mol. The number of hydrogen-bond acceptors (Lipinski definition) is 10. The fourth-order valence-corrected chi connectivity index (χ4v) is 5.54. The van der Waals surface area contributed by atoms with Gasteiger partial charge in [-0.25, -0.2) is 9.59 Å². The van der Waals surface area contributed by atoms with Crippen molar-refractivity contribution in [2.45, 2.75) is 31.0 Å². The Morgan fingerprint density at radius 2 is 1.73 bits per heavy atom. The molecule has 0 spiro atoms. The molecule has 1 saturated heterocycles. The van der Waals surface area contributed by atoms with Crippen molar-refractivity contribution >= 4 is 41.6 Å². The first-order valence-corrected chi connectivity index (χ1v) is 13.3. The number of phenols is 1. The second kappa shape index (κ2) is 12.6. The van der Waals surface area contributed by atoms with Crippen LogP contribution in [-0.2, 0) is 35.3 Å². The summed E-state index contributed by atoms with van der Waals surface area (Å²) in [6.07, 6.45) is -0.908. The van der Waals surface area contributed by atoms with Gasteiger partial charge in [-0.15, -0.1) is 11.8 Å². The zero-order valence-corrected chi connectivity index (χ0v) is 22.8. The molecular formula is C27H27N3O10S. The number of aromatic hydroxyl groups is 1. The van der Waals surface area contributed by atoms with Crippen LogP contribution in [0.1, 0.15) is 24.1 Å². The van der Waals surface area contributed by atoms with Gasteiger partial charge in [-0.1, -0.05) is 24.3 Å². The number of amides is 3. The maximum absolute atomic E-state index is 13.4. The van der Waals surface area contributed by atoms with Crippen molar-refractivity contribution in [1.82, 2.24) is 15.5 Å². The molecule has 4 N–H and O–H groups in total. The van der Waals surface area contributed by atoms with E-state index in [1.54, 1.807) is 24.3 Å². The molecular weight excluding hydrogens is 558 g/mol. The number of phenolic OH excluding ortho intramolecular Hbond substituents is 1. The van der Waals surface area contributed by atoms with Gasteiger partial charge in [0.05, 0.1) is 7.11 Å². The number of benzene rings is 2. The van der Waals surface area contributed by atoms with Crippen molar-refractivity contribution in [1.29, 1.82) is 0 Å². The van der Waals surface area contributed by atoms with Gasteiger partial charge in [0.15, 0.2) is 0 Å². The van der Waals surface area contributed by atoms with Crippen molar-refractivity contribution in [2.75, 3.05) is 19.5 Å². The van der Waals surface area contributed by atoms with Crippen LogP contribution in [0.25, 0.3) is 0 Å². The van der Waals surface area contributed by atoms with E-state index in [0.717, 1.165) is 4.90 Å². The number of methoxy groups -OCH3 is 1. The molecule has 2 aliphatic rings. The molecule has 0 aliphatic carbocycles. The molecule has 1 fully saturated rings. The van der Waals surface area contributed by atoms with E-state index in [4.69, 9.17) is 14.2 Å². The predicted octanol–water partition coefficient (Wildman–Crippen LogP) is 1.67. The molecule has 2 aliphatic heterocycles.